The zero-order valence-electron chi connectivity index (χ0n) is 11.2. The summed E-state index contributed by atoms with van der Waals surface area (Å²) < 4.78 is 10.7. The van der Waals surface area contributed by atoms with Gasteiger partial charge in [-0.15, -0.1) is 0 Å². The Morgan fingerprint density at radius 3 is 2.78 bits per heavy atom. The molecular weight excluding hydrogens is 228 g/mol. The molecule has 0 aromatic heterocycles. The topological polar surface area (TPSA) is 47.7 Å². The number of hydrogen-bond donors (Lipinski definition) is 1. The highest BCUT2D eigenvalue weighted by Gasteiger charge is 2.30. The molecule has 2 rings (SSSR count). The van der Waals surface area contributed by atoms with E-state index in [0.717, 1.165) is 30.3 Å². The van der Waals surface area contributed by atoms with Crippen LogP contribution in [0.15, 0.2) is 18.2 Å². The Morgan fingerprint density at radius 2 is 2.17 bits per heavy atom. The minimum Gasteiger partial charge on any atom is -0.492 e. The summed E-state index contributed by atoms with van der Waals surface area (Å²) in [6.07, 6.45) is 2.48. The van der Waals surface area contributed by atoms with E-state index in [4.69, 9.17) is 15.2 Å². The standard InChI is InChI=1S/C14H22N2O2/c1-3-18-13-6-4-5-12(14(13)15)16(9-10-17-2)11-7-8-11/h4-6,11H,3,7-10,15H2,1-2H3. The Kier molecular flexibility index (Phi) is 4.31. The van der Waals surface area contributed by atoms with Gasteiger partial charge in [-0.1, -0.05) is 6.07 Å². The zero-order chi connectivity index (χ0) is 13.0. The maximum Gasteiger partial charge on any atom is 0.144 e. The van der Waals surface area contributed by atoms with E-state index in [2.05, 4.69) is 11.0 Å². The summed E-state index contributed by atoms with van der Waals surface area (Å²) in [6, 6.07) is 6.59. The average molecular weight is 250 g/mol. The van der Waals surface area contributed by atoms with Crippen molar-refractivity contribution in [1.82, 2.24) is 0 Å². The molecule has 1 aliphatic carbocycles. The first-order valence-corrected chi connectivity index (χ1v) is 6.54. The molecule has 2 N–H and O–H groups in total. The molecule has 1 fully saturated rings. The highest BCUT2D eigenvalue weighted by atomic mass is 16.5. The van der Waals surface area contributed by atoms with Gasteiger partial charge in [0, 0.05) is 19.7 Å². The summed E-state index contributed by atoms with van der Waals surface area (Å²) in [5.74, 6) is 0.776. The summed E-state index contributed by atoms with van der Waals surface area (Å²) in [5.41, 5.74) is 8.01. The molecule has 4 nitrogen and oxygen atoms in total. The fourth-order valence-electron chi connectivity index (χ4n) is 2.14. The van der Waals surface area contributed by atoms with Crippen molar-refractivity contribution < 1.29 is 9.47 Å². The molecular formula is C14H22N2O2. The Morgan fingerprint density at radius 1 is 1.39 bits per heavy atom. The fourth-order valence-corrected chi connectivity index (χ4v) is 2.14. The molecule has 1 aromatic rings. The Hall–Kier alpha value is -1.42. The van der Waals surface area contributed by atoms with Gasteiger partial charge in [-0.2, -0.15) is 0 Å². The first-order valence-electron chi connectivity index (χ1n) is 6.54. The maximum absolute atomic E-state index is 6.20. The highest BCUT2D eigenvalue weighted by Crippen LogP contribution is 2.38. The molecule has 1 aliphatic rings. The van der Waals surface area contributed by atoms with Crippen molar-refractivity contribution in [3.63, 3.8) is 0 Å². The number of ether oxygens (including phenoxy) is 2. The predicted octanol–water partition coefficient (Wildman–Crippen LogP) is 2.28. The first-order chi connectivity index (χ1) is 8.77. The third-order valence-electron chi connectivity index (χ3n) is 3.18. The van der Waals surface area contributed by atoms with E-state index in [9.17, 15) is 0 Å². The molecule has 18 heavy (non-hydrogen) atoms. The number of methoxy groups -OCH3 is 1. The van der Waals surface area contributed by atoms with Crippen molar-refractivity contribution in [1.29, 1.82) is 0 Å². The van der Waals surface area contributed by atoms with Crippen molar-refractivity contribution in [2.45, 2.75) is 25.8 Å². The molecule has 0 heterocycles. The van der Waals surface area contributed by atoms with E-state index < -0.39 is 0 Å². The smallest absolute Gasteiger partial charge is 0.144 e. The molecule has 0 aliphatic heterocycles. The average Bonchev–Trinajstić information content (AvgIpc) is 3.19. The van der Waals surface area contributed by atoms with E-state index in [1.807, 2.05) is 19.1 Å². The van der Waals surface area contributed by atoms with Gasteiger partial charge in [-0.3, -0.25) is 0 Å². The maximum atomic E-state index is 6.20. The second kappa shape index (κ2) is 5.96. The molecule has 0 bridgehead atoms. The van der Waals surface area contributed by atoms with E-state index in [1.165, 1.54) is 12.8 Å². The molecule has 100 valence electrons. The van der Waals surface area contributed by atoms with Crippen LogP contribution in [-0.2, 0) is 4.74 Å². The number of benzene rings is 1. The molecule has 1 saturated carbocycles. The lowest BCUT2D eigenvalue weighted by Gasteiger charge is -2.26. The molecule has 0 amide bonds. The predicted molar refractivity (Wildman–Crippen MR) is 74.3 cm³/mol. The lowest BCUT2D eigenvalue weighted by molar-refractivity contribution is 0.205. The third kappa shape index (κ3) is 2.88. The van der Waals surface area contributed by atoms with Gasteiger partial charge in [-0.25, -0.2) is 0 Å². The molecule has 0 spiro atoms. The molecule has 4 heteroatoms. The van der Waals surface area contributed by atoms with Gasteiger partial charge < -0.3 is 20.1 Å². The largest absolute Gasteiger partial charge is 0.492 e. The Balaban J connectivity index is 2.20. The minimum atomic E-state index is 0.610. The summed E-state index contributed by atoms with van der Waals surface area (Å²) in [5, 5.41) is 0. The van der Waals surface area contributed by atoms with E-state index in [0.29, 0.717) is 12.6 Å². The molecule has 0 unspecified atom stereocenters. The van der Waals surface area contributed by atoms with Crippen LogP contribution in [0.3, 0.4) is 0 Å². The van der Waals surface area contributed by atoms with Crippen LogP contribution in [-0.4, -0.2) is 32.9 Å². The number of nitrogens with two attached hydrogens (primary N) is 1. The van der Waals surface area contributed by atoms with Gasteiger partial charge >= 0.3 is 0 Å². The van der Waals surface area contributed by atoms with Crippen LogP contribution in [0.5, 0.6) is 5.75 Å². The first kappa shape index (κ1) is 13.0. The monoisotopic (exact) mass is 250 g/mol. The summed E-state index contributed by atoms with van der Waals surface area (Å²) >= 11 is 0. The zero-order valence-corrected chi connectivity index (χ0v) is 11.2. The molecule has 0 saturated heterocycles. The fraction of sp³-hybridized carbons (Fsp3) is 0.571. The lowest BCUT2D eigenvalue weighted by Crippen LogP contribution is -2.30. The second-order valence-electron chi connectivity index (χ2n) is 4.54. The Labute approximate surface area is 109 Å². The van der Waals surface area contributed by atoms with Gasteiger partial charge in [0.25, 0.3) is 0 Å². The SMILES string of the molecule is CCOc1cccc(N(CCOC)C2CC2)c1N. The molecule has 0 radical (unpaired) electrons. The van der Waals surface area contributed by atoms with Gasteiger partial charge in [0.1, 0.15) is 5.75 Å². The van der Waals surface area contributed by atoms with Gasteiger partial charge in [0.15, 0.2) is 0 Å². The molecule has 1 aromatic carbocycles. The number of para-hydroxylation sites is 1. The van der Waals surface area contributed by atoms with E-state index >= 15 is 0 Å². The number of nitrogens with zero attached hydrogens (tertiary/aromatic N) is 1. The van der Waals surface area contributed by atoms with Crippen LogP contribution in [0.1, 0.15) is 19.8 Å². The van der Waals surface area contributed by atoms with Crippen LogP contribution >= 0.6 is 0 Å². The normalized spacial score (nSPS) is 14.6. The van der Waals surface area contributed by atoms with Crippen LogP contribution in [0.25, 0.3) is 0 Å². The summed E-state index contributed by atoms with van der Waals surface area (Å²) in [7, 11) is 1.73. The summed E-state index contributed by atoms with van der Waals surface area (Å²) in [4.78, 5) is 2.33. The number of rotatable bonds is 7. The Bertz CT molecular complexity index is 391. The second-order valence-corrected chi connectivity index (χ2v) is 4.54. The lowest BCUT2D eigenvalue weighted by atomic mass is 10.2. The van der Waals surface area contributed by atoms with Crippen molar-refractivity contribution in [2.24, 2.45) is 0 Å². The van der Waals surface area contributed by atoms with E-state index in [1.54, 1.807) is 7.11 Å². The molecule has 0 atom stereocenters. The van der Waals surface area contributed by atoms with Crippen LogP contribution < -0.4 is 15.4 Å². The van der Waals surface area contributed by atoms with Gasteiger partial charge in [-0.05, 0) is 31.9 Å². The number of hydrogen-bond acceptors (Lipinski definition) is 4. The van der Waals surface area contributed by atoms with Crippen LogP contribution in [0, 0.1) is 0 Å². The van der Waals surface area contributed by atoms with E-state index in [-0.39, 0.29) is 0 Å². The number of nitrogen functional groups attached to an aromatic ring is 1. The highest BCUT2D eigenvalue weighted by molar-refractivity contribution is 5.74. The van der Waals surface area contributed by atoms with Crippen molar-refractivity contribution in [3.05, 3.63) is 18.2 Å². The third-order valence-corrected chi connectivity index (χ3v) is 3.18. The summed E-state index contributed by atoms with van der Waals surface area (Å²) in [6.45, 7) is 4.20. The van der Waals surface area contributed by atoms with Gasteiger partial charge in [0.05, 0.1) is 24.6 Å². The van der Waals surface area contributed by atoms with Crippen LogP contribution in [0.2, 0.25) is 0 Å². The van der Waals surface area contributed by atoms with Crippen molar-refractivity contribution in [2.75, 3.05) is 37.5 Å². The van der Waals surface area contributed by atoms with Gasteiger partial charge in [0.2, 0.25) is 0 Å². The van der Waals surface area contributed by atoms with Crippen molar-refractivity contribution >= 4 is 11.4 Å². The number of anilines is 2. The quantitative estimate of drug-likeness (QED) is 0.754. The van der Waals surface area contributed by atoms with Crippen LogP contribution in [0.4, 0.5) is 11.4 Å². The minimum absolute atomic E-state index is 0.610. The van der Waals surface area contributed by atoms with Crippen molar-refractivity contribution in [3.8, 4) is 5.75 Å².